The molecule has 1 aromatic carbocycles. The van der Waals surface area contributed by atoms with Gasteiger partial charge in [0, 0.05) is 0 Å². The summed E-state index contributed by atoms with van der Waals surface area (Å²) in [6, 6.07) is 8.92. The van der Waals surface area contributed by atoms with Gasteiger partial charge in [-0.2, -0.15) is 0 Å². The second kappa shape index (κ2) is 7.01. The third-order valence-electron chi connectivity index (χ3n) is 2.06. The fourth-order valence-corrected chi connectivity index (χ4v) is 1.30. The van der Waals surface area contributed by atoms with E-state index in [9.17, 15) is 4.79 Å². The topological polar surface area (TPSA) is 62.4 Å². The smallest absolute Gasteiger partial charge is 1.00 e. The average molecular weight is 231 g/mol. The van der Waals surface area contributed by atoms with Crippen molar-refractivity contribution in [3.05, 3.63) is 35.9 Å². The van der Waals surface area contributed by atoms with Crippen LogP contribution in [0, 0.1) is 0 Å². The molecule has 0 amide bonds. The number of rotatable bonds is 2. The van der Waals surface area contributed by atoms with Crippen LogP contribution in [-0.2, 0) is 4.74 Å². The van der Waals surface area contributed by atoms with Crippen molar-refractivity contribution in [1.29, 1.82) is 0 Å². The number of ether oxygens (including phenoxy) is 1. The van der Waals surface area contributed by atoms with Crippen molar-refractivity contribution in [2.24, 2.45) is 0 Å². The third-order valence-corrected chi connectivity index (χ3v) is 2.06. The molecule has 0 bridgehead atoms. The number of hydrogen-bond donors (Lipinski definition) is 3. The number of carbonyl (C=O) groups is 1. The summed E-state index contributed by atoms with van der Waals surface area (Å²) in [5.41, 5.74) is 0.555. The Morgan fingerprint density at radius 2 is 1.88 bits per heavy atom. The Balaban J connectivity index is 0.00000128. The molecular formula is C10H14N3NaO2. The minimum atomic E-state index is -0.418. The zero-order valence-electron chi connectivity index (χ0n) is 10.2. The fourth-order valence-electron chi connectivity index (χ4n) is 1.30. The maximum Gasteiger partial charge on any atom is 1.00 e. The van der Waals surface area contributed by atoms with Crippen LogP contribution in [0.1, 0.15) is 11.8 Å². The van der Waals surface area contributed by atoms with E-state index in [0.29, 0.717) is 18.9 Å². The van der Waals surface area contributed by atoms with Gasteiger partial charge >= 0.3 is 35.5 Å². The largest absolute Gasteiger partial charge is 1.00 e. The fraction of sp³-hybridized carbons (Fsp3) is 0.300. The van der Waals surface area contributed by atoms with Crippen LogP contribution in [0.15, 0.2) is 30.3 Å². The molecule has 6 heteroatoms. The standard InChI is InChI=1S/C10H13N3O2.Na.H/c14-9(8-4-2-1-3-5-8)15-10-12-6-11-7-13-10;;/h1-5,10-13H,6-7H2;;/q;+1;-1. The van der Waals surface area contributed by atoms with Gasteiger partial charge in [0.05, 0.1) is 18.9 Å². The molecule has 2 rings (SSSR count). The van der Waals surface area contributed by atoms with Gasteiger partial charge in [-0.3, -0.25) is 16.0 Å². The molecule has 0 saturated carbocycles. The van der Waals surface area contributed by atoms with Crippen molar-refractivity contribution in [1.82, 2.24) is 16.0 Å². The van der Waals surface area contributed by atoms with E-state index < -0.39 is 6.35 Å². The van der Waals surface area contributed by atoms with E-state index >= 15 is 0 Å². The first kappa shape index (κ1) is 13.6. The molecular weight excluding hydrogens is 217 g/mol. The van der Waals surface area contributed by atoms with Gasteiger partial charge in [-0.15, -0.1) is 0 Å². The van der Waals surface area contributed by atoms with E-state index in [1.807, 2.05) is 6.07 Å². The van der Waals surface area contributed by atoms with Crippen LogP contribution in [0.2, 0.25) is 0 Å². The van der Waals surface area contributed by atoms with Crippen LogP contribution in [0.3, 0.4) is 0 Å². The quantitative estimate of drug-likeness (QED) is 0.373. The average Bonchev–Trinajstić information content (AvgIpc) is 2.31. The summed E-state index contributed by atoms with van der Waals surface area (Å²) in [7, 11) is 0. The molecule has 1 aliphatic heterocycles. The SMILES string of the molecule is O=C(OC1NCNCN1)c1ccccc1.[H-].[Na+]. The summed E-state index contributed by atoms with van der Waals surface area (Å²) in [4.78, 5) is 11.6. The van der Waals surface area contributed by atoms with Crippen molar-refractivity contribution >= 4 is 5.97 Å². The summed E-state index contributed by atoms with van der Waals surface area (Å²) >= 11 is 0. The molecule has 1 saturated heterocycles. The van der Waals surface area contributed by atoms with Gasteiger partial charge < -0.3 is 6.16 Å². The second-order valence-corrected chi connectivity index (χ2v) is 3.16. The van der Waals surface area contributed by atoms with Gasteiger partial charge in [-0.1, -0.05) is 18.2 Å². The molecule has 0 unspecified atom stereocenters. The van der Waals surface area contributed by atoms with Crippen LogP contribution >= 0.6 is 0 Å². The first-order valence-electron chi connectivity index (χ1n) is 4.80. The van der Waals surface area contributed by atoms with Crippen molar-refractivity contribution < 1.29 is 40.5 Å². The molecule has 1 fully saturated rings. The first-order chi connectivity index (χ1) is 7.36. The van der Waals surface area contributed by atoms with Gasteiger partial charge in [0.15, 0.2) is 0 Å². The van der Waals surface area contributed by atoms with Gasteiger partial charge in [0.25, 0.3) is 0 Å². The Morgan fingerprint density at radius 1 is 1.25 bits per heavy atom. The minimum absolute atomic E-state index is 0. The number of carbonyl (C=O) groups excluding carboxylic acids is 1. The molecule has 0 radical (unpaired) electrons. The van der Waals surface area contributed by atoms with E-state index in [-0.39, 0.29) is 37.0 Å². The molecule has 0 spiro atoms. The summed E-state index contributed by atoms with van der Waals surface area (Å²) in [6.07, 6.45) is -0.418. The minimum Gasteiger partial charge on any atom is -1.00 e. The molecule has 3 N–H and O–H groups in total. The molecule has 16 heavy (non-hydrogen) atoms. The Kier molecular flexibility index (Phi) is 5.97. The monoisotopic (exact) mass is 231 g/mol. The van der Waals surface area contributed by atoms with E-state index in [2.05, 4.69) is 16.0 Å². The molecule has 1 heterocycles. The molecule has 0 aliphatic carbocycles. The van der Waals surface area contributed by atoms with Crippen molar-refractivity contribution in [2.75, 3.05) is 13.3 Å². The van der Waals surface area contributed by atoms with Crippen LogP contribution in [-0.4, -0.2) is 25.7 Å². The van der Waals surface area contributed by atoms with Gasteiger partial charge in [0.2, 0.25) is 6.35 Å². The summed E-state index contributed by atoms with van der Waals surface area (Å²) < 4.78 is 5.18. The molecule has 1 aromatic rings. The maximum absolute atomic E-state index is 11.6. The molecule has 82 valence electrons. The zero-order chi connectivity index (χ0) is 10.5. The molecule has 0 atom stereocenters. The molecule has 0 aromatic heterocycles. The normalized spacial score (nSPS) is 16.2. The van der Waals surface area contributed by atoms with Crippen LogP contribution in [0.5, 0.6) is 0 Å². The number of nitrogens with one attached hydrogen (secondary N) is 3. The van der Waals surface area contributed by atoms with Crippen molar-refractivity contribution in [2.45, 2.75) is 6.35 Å². The van der Waals surface area contributed by atoms with E-state index in [1.165, 1.54) is 0 Å². The summed E-state index contributed by atoms with van der Waals surface area (Å²) in [5.74, 6) is -0.331. The number of benzene rings is 1. The van der Waals surface area contributed by atoms with Gasteiger partial charge in [-0.05, 0) is 12.1 Å². The summed E-state index contributed by atoms with van der Waals surface area (Å²) in [6.45, 7) is 1.25. The Morgan fingerprint density at radius 3 is 2.50 bits per heavy atom. The van der Waals surface area contributed by atoms with E-state index in [0.717, 1.165) is 0 Å². The predicted molar refractivity (Wildman–Crippen MR) is 55.9 cm³/mol. The van der Waals surface area contributed by atoms with Gasteiger partial charge in [-0.25, -0.2) is 4.79 Å². The Hall–Kier alpha value is -0.430. The number of hydrogen-bond acceptors (Lipinski definition) is 5. The zero-order valence-corrected chi connectivity index (χ0v) is 11.2. The van der Waals surface area contributed by atoms with Gasteiger partial charge in [0.1, 0.15) is 0 Å². The molecule has 5 nitrogen and oxygen atoms in total. The predicted octanol–water partition coefficient (Wildman–Crippen LogP) is -3.06. The van der Waals surface area contributed by atoms with Crippen LogP contribution in [0.4, 0.5) is 0 Å². The van der Waals surface area contributed by atoms with E-state index in [4.69, 9.17) is 4.74 Å². The van der Waals surface area contributed by atoms with E-state index in [1.54, 1.807) is 24.3 Å². The summed E-state index contributed by atoms with van der Waals surface area (Å²) in [5, 5.41) is 8.92. The third kappa shape index (κ3) is 3.86. The first-order valence-corrected chi connectivity index (χ1v) is 4.80. The maximum atomic E-state index is 11.6. The van der Waals surface area contributed by atoms with Crippen molar-refractivity contribution in [3.63, 3.8) is 0 Å². The van der Waals surface area contributed by atoms with Crippen molar-refractivity contribution in [3.8, 4) is 0 Å². The Labute approximate surface area is 118 Å². The Bertz CT molecular complexity index is 334. The van der Waals surface area contributed by atoms with Crippen LogP contribution < -0.4 is 45.5 Å². The number of esters is 1. The second-order valence-electron chi connectivity index (χ2n) is 3.16. The molecule has 1 aliphatic rings. The van der Waals surface area contributed by atoms with Crippen LogP contribution in [0.25, 0.3) is 0 Å².